The number of ether oxygens (including phenoxy) is 2. The van der Waals surface area contributed by atoms with Gasteiger partial charge in [-0.05, 0) is 74.8 Å². The first-order valence-corrected chi connectivity index (χ1v) is 11.4. The second-order valence-corrected chi connectivity index (χ2v) is 9.45. The van der Waals surface area contributed by atoms with Crippen LogP contribution in [0.3, 0.4) is 0 Å². The Morgan fingerprint density at radius 1 is 1.27 bits per heavy atom. The van der Waals surface area contributed by atoms with Crippen LogP contribution in [0, 0.1) is 0 Å². The highest BCUT2D eigenvalue weighted by Crippen LogP contribution is 2.32. The minimum absolute atomic E-state index is 0.0260. The van der Waals surface area contributed by atoms with Gasteiger partial charge in [-0.2, -0.15) is 0 Å². The Hall–Kier alpha value is -2.92. The van der Waals surface area contributed by atoms with Gasteiger partial charge in [-0.25, -0.2) is 14.8 Å². The highest BCUT2D eigenvalue weighted by molar-refractivity contribution is 9.10. The number of aromatic nitrogens is 2. The second kappa shape index (κ2) is 10.3. The summed E-state index contributed by atoms with van der Waals surface area (Å²) in [4.78, 5) is 35.9. The molecule has 2 amide bonds. The molecule has 2 aromatic rings. The molecule has 0 atom stereocenters. The van der Waals surface area contributed by atoms with Crippen LogP contribution >= 0.6 is 15.9 Å². The zero-order chi connectivity index (χ0) is 24.2. The topological polar surface area (TPSA) is 132 Å². The molecule has 1 aromatic carbocycles. The number of nitrogens with zero attached hydrogens (tertiary/aromatic N) is 3. The zero-order valence-electron chi connectivity index (χ0n) is 19.1. The quantitative estimate of drug-likeness (QED) is 0.546. The molecule has 1 aliphatic heterocycles. The van der Waals surface area contributed by atoms with Crippen molar-refractivity contribution in [3.8, 4) is 11.5 Å². The maximum Gasteiger partial charge on any atom is 0.415 e. The minimum atomic E-state index is -0.599. The van der Waals surface area contributed by atoms with E-state index in [4.69, 9.17) is 15.2 Å². The number of anilines is 2. The van der Waals surface area contributed by atoms with E-state index in [0.717, 1.165) is 25.9 Å². The number of carbonyl (C=O) groups excluding carboxylic acids is 2. The number of carbonyl (C=O) groups is 2. The average Bonchev–Trinajstić information content (AvgIpc) is 2.76. The summed E-state index contributed by atoms with van der Waals surface area (Å²) >= 11 is 3.18. The molecule has 1 fully saturated rings. The maximum atomic E-state index is 13.3. The molecule has 10 nitrogen and oxygen atoms in total. The van der Waals surface area contributed by atoms with Crippen LogP contribution in [0.2, 0.25) is 0 Å². The number of halogens is 1. The SMILES string of the molecule is COc1ccc(OC(=O)N(C2CCNCC2)C(C)(C)C)c(NC(=O)c2nc(Br)cnc2N)c1. The molecule has 0 spiro atoms. The third-order valence-electron chi connectivity index (χ3n) is 5.21. The number of hydrogen-bond donors (Lipinski definition) is 3. The van der Waals surface area contributed by atoms with Crippen molar-refractivity contribution in [3.05, 3.63) is 34.7 Å². The second-order valence-electron chi connectivity index (χ2n) is 8.63. The Morgan fingerprint density at radius 2 is 1.97 bits per heavy atom. The third kappa shape index (κ3) is 6.11. The summed E-state index contributed by atoms with van der Waals surface area (Å²) in [5, 5.41) is 6.02. The Balaban J connectivity index is 1.88. The normalized spacial score (nSPS) is 14.5. The Labute approximate surface area is 201 Å². The maximum absolute atomic E-state index is 13.3. The van der Waals surface area contributed by atoms with Crippen molar-refractivity contribution in [2.24, 2.45) is 0 Å². The lowest BCUT2D eigenvalue weighted by molar-refractivity contribution is 0.0644. The summed E-state index contributed by atoms with van der Waals surface area (Å²) in [7, 11) is 1.50. The summed E-state index contributed by atoms with van der Waals surface area (Å²) in [6, 6.07) is 4.84. The largest absolute Gasteiger partial charge is 0.497 e. The van der Waals surface area contributed by atoms with E-state index in [-0.39, 0.29) is 29.0 Å². The van der Waals surface area contributed by atoms with Gasteiger partial charge < -0.3 is 25.8 Å². The predicted octanol–water partition coefficient (Wildman–Crippen LogP) is 3.43. The van der Waals surface area contributed by atoms with Crippen LogP contribution < -0.4 is 25.8 Å². The lowest BCUT2D eigenvalue weighted by Crippen LogP contribution is -2.55. The van der Waals surface area contributed by atoms with E-state index in [9.17, 15) is 9.59 Å². The van der Waals surface area contributed by atoms with Gasteiger partial charge in [-0.1, -0.05) is 0 Å². The molecular weight excluding hydrogens is 492 g/mol. The van der Waals surface area contributed by atoms with E-state index in [1.807, 2.05) is 20.8 Å². The van der Waals surface area contributed by atoms with Crippen LogP contribution in [0.25, 0.3) is 0 Å². The molecule has 3 rings (SSSR count). The summed E-state index contributed by atoms with van der Waals surface area (Å²) in [6.45, 7) is 7.60. The van der Waals surface area contributed by atoms with E-state index in [2.05, 4.69) is 36.5 Å². The van der Waals surface area contributed by atoms with Crippen LogP contribution in [0.1, 0.15) is 44.1 Å². The molecule has 0 unspecified atom stereocenters. The van der Waals surface area contributed by atoms with Gasteiger partial charge in [0.05, 0.1) is 19.0 Å². The Morgan fingerprint density at radius 3 is 2.61 bits per heavy atom. The van der Waals surface area contributed by atoms with Gasteiger partial charge in [0.15, 0.2) is 17.3 Å². The summed E-state index contributed by atoms with van der Waals surface area (Å²) < 4.78 is 11.4. The van der Waals surface area contributed by atoms with Gasteiger partial charge in [0.1, 0.15) is 10.4 Å². The molecule has 0 radical (unpaired) electrons. The number of amides is 2. The van der Waals surface area contributed by atoms with Crippen molar-refractivity contribution in [1.82, 2.24) is 20.2 Å². The molecule has 1 saturated heterocycles. The molecule has 0 aliphatic carbocycles. The van der Waals surface area contributed by atoms with Gasteiger partial charge in [-0.15, -0.1) is 0 Å². The molecular formula is C22H29BrN6O4. The van der Waals surface area contributed by atoms with Crippen molar-refractivity contribution in [1.29, 1.82) is 0 Å². The summed E-state index contributed by atoms with van der Waals surface area (Å²) in [5.74, 6) is 0.0307. The van der Waals surface area contributed by atoms with Gasteiger partial charge in [0, 0.05) is 17.6 Å². The predicted molar refractivity (Wildman–Crippen MR) is 129 cm³/mol. The minimum Gasteiger partial charge on any atom is -0.497 e. The molecule has 4 N–H and O–H groups in total. The molecule has 11 heteroatoms. The molecule has 0 bridgehead atoms. The number of hydrogen-bond acceptors (Lipinski definition) is 8. The third-order valence-corrected chi connectivity index (χ3v) is 5.59. The molecule has 0 saturated carbocycles. The van der Waals surface area contributed by atoms with Crippen LogP contribution in [0.5, 0.6) is 11.5 Å². The van der Waals surface area contributed by atoms with Gasteiger partial charge in [-0.3, -0.25) is 9.69 Å². The summed E-state index contributed by atoms with van der Waals surface area (Å²) in [6.07, 6.45) is 2.57. The van der Waals surface area contributed by atoms with E-state index in [1.165, 1.54) is 13.3 Å². The monoisotopic (exact) mass is 520 g/mol. The van der Waals surface area contributed by atoms with Gasteiger partial charge in [0.2, 0.25) is 0 Å². The highest BCUT2D eigenvalue weighted by Gasteiger charge is 2.35. The number of benzene rings is 1. The highest BCUT2D eigenvalue weighted by atomic mass is 79.9. The first kappa shape index (κ1) is 24.7. The Kier molecular flexibility index (Phi) is 7.75. The van der Waals surface area contributed by atoms with E-state index < -0.39 is 17.5 Å². The number of piperidine rings is 1. The van der Waals surface area contributed by atoms with Crippen LogP contribution in [-0.2, 0) is 0 Å². The van der Waals surface area contributed by atoms with Crippen molar-refractivity contribution in [2.45, 2.75) is 45.2 Å². The van der Waals surface area contributed by atoms with Crippen molar-refractivity contribution < 1.29 is 19.1 Å². The van der Waals surface area contributed by atoms with E-state index in [1.54, 1.807) is 23.1 Å². The number of nitrogen functional groups attached to an aromatic ring is 1. The fourth-order valence-electron chi connectivity index (χ4n) is 3.73. The van der Waals surface area contributed by atoms with Crippen molar-refractivity contribution >= 4 is 39.4 Å². The van der Waals surface area contributed by atoms with Crippen molar-refractivity contribution in [3.63, 3.8) is 0 Å². The van der Waals surface area contributed by atoms with E-state index in [0.29, 0.717) is 10.4 Å². The molecule has 2 heterocycles. The first-order chi connectivity index (χ1) is 15.6. The number of nitrogens with two attached hydrogens (primary N) is 1. The fraction of sp³-hybridized carbons (Fsp3) is 0.455. The lowest BCUT2D eigenvalue weighted by Gasteiger charge is -2.42. The lowest BCUT2D eigenvalue weighted by atomic mass is 9.98. The van der Waals surface area contributed by atoms with Gasteiger partial charge in [0.25, 0.3) is 5.91 Å². The van der Waals surface area contributed by atoms with Crippen LogP contribution in [-0.4, -0.2) is 58.6 Å². The van der Waals surface area contributed by atoms with Crippen molar-refractivity contribution in [2.75, 3.05) is 31.2 Å². The van der Waals surface area contributed by atoms with Crippen LogP contribution in [0.4, 0.5) is 16.3 Å². The smallest absolute Gasteiger partial charge is 0.415 e. The Bertz CT molecular complexity index is 1020. The zero-order valence-corrected chi connectivity index (χ0v) is 20.7. The first-order valence-electron chi connectivity index (χ1n) is 10.6. The van der Waals surface area contributed by atoms with E-state index >= 15 is 0 Å². The summed E-state index contributed by atoms with van der Waals surface area (Å²) in [5.41, 5.74) is 5.55. The van der Waals surface area contributed by atoms with Crippen LogP contribution in [0.15, 0.2) is 29.0 Å². The molecule has 1 aromatic heterocycles. The number of methoxy groups -OCH3 is 1. The number of nitrogens with one attached hydrogen (secondary N) is 2. The van der Waals surface area contributed by atoms with Gasteiger partial charge >= 0.3 is 6.09 Å². The fourth-order valence-corrected chi connectivity index (χ4v) is 4.01. The molecule has 33 heavy (non-hydrogen) atoms. The average molecular weight is 521 g/mol. The number of rotatable bonds is 5. The molecule has 178 valence electrons. The standard InChI is InChI=1S/C22H29BrN6O4/c1-22(2,3)29(13-7-9-25-10-8-13)21(31)33-16-6-5-14(32-4)11-15(16)27-20(30)18-19(24)26-12-17(23)28-18/h5-6,11-13,25H,7-10H2,1-4H3,(H2,24,26)(H,27,30). The molecule has 1 aliphatic rings.